The van der Waals surface area contributed by atoms with Crippen molar-refractivity contribution >= 4 is 57.9 Å². The van der Waals surface area contributed by atoms with Crippen LogP contribution < -0.4 is 4.90 Å². The molecule has 0 N–H and O–H groups in total. The first-order chi connectivity index (χ1) is 10.9. The number of rotatable bonds is 2. The second-order valence-electron chi connectivity index (χ2n) is 5.09. The van der Waals surface area contributed by atoms with Crippen molar-refractivity contribution < 1.29 is 9.59 Å². The molecule has 0 atom stereocenters. The van der Waals surface area contributed by atoms with Crippen LogP contribution in [0.5, 0.6) is 0 Å². The number of hydrogen-bond donors (Lipinski definition) is 0. The average Bonchev–Trinajstić information content (AvgIpc) is 2.72. The van der Waals surface area contributed by atoms with Crippen molar-refractivity contribution in [3.8, 4) is 0 Å². The molecule has 3 rings (SSSR count). The molecule has 116 valence electrons. The molecule has 23 heavy (non-hydrogen) atoms. The number of carbonyl (C=O) groups is 2. The fourth-order valence-corrected chi connectivity index (χ4v) is 3.13. The molecular formula is C17H10Cl3NO2. The molecule has 0 radical (unpaired) electrons. The number of hydrogen-bond acceptors (Lipinski definition) is 2. The van der Waals surface area contributed by atoms with Crippen LogP contribution in [0.25, 0.3) is 5.57 Å². The lowest BCUT2D eigenvalue weighted by atomic mass is 10.1. The third-order valence-electron chi connectivity index (χ3n) is 3.52. The van der Waals surface area contributed by atoms with E-state index in [0.29, 0.717) is 16.3 Å². The largest absolute Gasteiger partial charge is 0.277 e. The SMILES string of the molecule is Cc1ccc(N2C(=O)C(Cl)=C(c3ccc(Cl)cc3Cl)C2=O)cc1. The molecule has 1 heterocycles. The highest BCUT2D eigenvalue weighted by Crippen LogP contribution is 2.38. The van der Waals surface area contributed by atoms with E-state index in [-0.39, 0.29) is 15.6 Å². The Hall–Kier alpha value is -1.81. The maximum Gasteiger partial charge on any atom is 0.277 e. The van der Waals surface area contributed by atoms with Crippen molar-refractivity contribution in [1.82, 2.24) is 0 Å². The molecule has 2 aromatic carbocycles. The molecule has 0 saturated heterocycles. The number of halogens is 3. The number of amides is 2. The zero-order valence-corrected chi connectivity index (χ0v) is 14.2. The average molecular weight is 367 g/mol. The van der Waals surface area contributed by atoms with Gasteiger partial charge in [0.2, 0.25) is 0 Å². The quantitative estimate of drug-likeness (QED) is 0.714. The van der Waals surface area contributed by atoms with Gasteiger partial charge in [0.25, 0.3) is 11.8 Å². The molecule has 2 aromatic rings. The molecular weight excluding hydrogens is 357 g/mol. The molecule has 0 bridgehead atoms. The number of imide groups is 1. The summed E-state index contributed by atoms with van der Waals surface area (Å²) >= 11 is 18.1. The van der Waals surface area contributed by atoms with Gasteiger partial charge >= 0.3 is 0 Å². The van der Waals surface area contributed by atoms with E-state index in [9.17, 15) is 9.59 Å². The molecule has 0 aliphatic carbocycles. The van der Waals surface area contributed by atoms with Gasteiger partial charge in [0.1, 0.15) is 5.03 Å². The highest BCUT2D eigenvalue weighted by Gasteiger charge is 2.39. The summed E-state index contributed by atoms with van der Waals surface area (Å²) in [6, 6.07) is 11.7. The highest BCUT2D eigenvalue weighted by atomic mass is 35.5. The van der Waals surface area contributed by atoms with Crippen molar-refractivity contribution in [2.24, 2.45) is 0 Å². The first kappa shape index (κ1) is 16.1. The smallest absolute Gasteiger partial charge is 0.268 e. The van der Waals surface area contributed by atoms with Crippen LogP contribution in [0.3, 0.4) is 0 Å². The Morgan fingerprint density at radius 2 is 1.52 bits per heavy atom. The minimum absolute atomic E-state index is 0.0823. The van der Waals surface area contributed by atoms with Crippen LogP contribution in [-0.2, 0) is 9.59 Å². The van der Waals surface area contributed by atoms with E-state index in [1.54, 1.807) is 24.3 Å². The lowest BCUT2D eigenvalue weighted by molar-refractivity contribution is -0.119. The van der Waals surface area contributed by atoms with E-state index in [1.165, 1.54) is 6.07 Å². The van der Waals surface area contributed by atoms with Crippen LogP contribution in [0.15, 0.2) is 47.5 Å². The Morgan fingerprint density at radius 1 is 0.870 bits per heavy atom. The molecule has 0 saturated carbocycles. The zero-order valence-electron chi connectivity index (χ0n) is 11.9. The molecule has 1 aliphatic rings. The summed E-state index contributed by atoms with van der Waals surface area (Å²) in [5, 5.41) is 0.542. The van der Waals surface area contributed by atoms with E-state index < -0.39 is 11.8 Å². The van der Waals surface area contributed by atoms with Crippen LogP contribution in [0, 0.1) is 6.92 Å². The minimum atomic E-state index is -0.568. The van der Waals surface area contributed by atoms with E-state index in [2.05, 4.69) is 0 Å². The molecule has 2 amide bonds. The predicted octanol–water partition coefficient (Wildman–Crippen LogP) is 4.83. The molecule has 0 aromatic heterocycles. The summed E-state index contributed by atoms with van der Waals surface area (Å²) in [5.74, 6) is -1.07. The van der Waals surface area contributed by atoms with Gasteiger partial charge in [-0.1, -0.05) is 58.6 Å². The van der Waals surface area contributed by atoms with E-state index in [1.807, 2.05) is 19.1 Å². The molecule has 0 fully saturated rings. The summed E-state index contributed by atoms with van der Waals surface area (Å²) < 4.78 is 0. The number of anilines is 1. The normalized spacial score (nSPS) is 14.9. The second kappa shape index (κ2) is 6.00. The van der Waals surface area contributed by atoms with Crippen LogP contribution in [-0.4, -0.2) is 11.8 Å². The lowest BCUT2D eigenvalue weighted by Gasteiger charge is -2.15. The topological polar surface area (TPSA) is 37.4 Å². The summed E-state index contributed by atoms with van der Waals surface area (Å²) in [5.41, 5.74) is 1.95. The third-order valence-corrected chi connectivity index (χ3v) is 4.42. The first-order valence-corrected chi connectivity index (χ1v) is 7.84. The summed E-state index contributed by atoms with van der Waals surface area (Å²) in [7, 11) is 0. The van der Waals surface area contributed by atoms with Crippen LogP contribution >= 0.6 is 34.8 Å². The van der Waals surface area contributed by atoms with E-state index in [0.717, 1.165) is 10.5 Å². The number of carbonyl (C=O) groups excluding carboxylic acids is 2. The lowest BCUT2D eigenvalue weighted by Crippen LogP contribution is -2.31. The van der Waals surface area contributed by atoms with Crippen molar-refractivity contribution in [2.45, 2.75) is 6.92 Å². The van der Waals surface area contributed by atoms with Gasteiger partial charge in [-0.2, -0.15) is 0 Å². The van der Waals surface area contributed by atoms with Crippen LogP contribution in [0.4, 0.5) is 5.69 Å². The predicted molar refractivity (Wildman–Crippen MR) is 92.9 cm³/mol. The fourth-order valence-electron chi connectivity index (χ4n) is 2.36. The van der Waals surface area contributed by atoms with Crippen molar-refractivity contribution in [1.29, 1.82) is 0 Å². The van der Waals surface area contributed by atoms with E-state index in [4.69, 9.17) is 34.8 Å². The Bertz CT molecular complexity index is 857. The standard InChI is InChI=1S/C17H10Cl3NO2/c1-9-2-5-11(6-3-9)21-16(22)14(15(20)17(21)23)12-7-4-10(18)8-13(12)19/h2-8H,1H3. The van der Waals surface area contributed by atoms with Gasteiger partial charge in [-0.3, -0.25) is 9.59 Å². The van der Waals surface area contributed by atoms with Crippen molar-refractivity contribution in [3.05, 3.63) is 68.7 Å². The summed E-state index contributed by atoms with van der Waals surface area (Å²) in [6.45, 7) is 1.92. The Kier molecular flexibility index (Phi) is 4.19. The molecule has 0 spiro atoms. The van der Waals surface area contributed by atoms with Crippen LogP contribution in [0.1, 0.15) is 11.1 Å². The van der Waals surface area contributed by atoms with Gasteiger partial charge < -0.3 is 0 Å². The first-order valence-electron chi connectivity index (χ1n) is 6.71. The Morgan fingerprint density at radius 3 is 2.13 bits per heavy atom. The third kappa shape index (κ3) is 2.76. The van der Waals surface area contributed by atoms with Gasteiger partial charge in [-0.15, -0.1) is 0 Å². The van der Waals surface area contributed by atoms with Crippen molar-refractivity contribution in [3.63, 3.8) is 0 Å². The fraction of sp³-hybridized carbons (Fsp3) is 0.0588. The van der Waals surface area contributed by atoms with Crippen molar-refractivity contribution in [2.75, 3.05) is 4.90 Å². The number of benzene rings is 2. The number of nitrogens with zero attached hydrogens (tertiary/aromatic N) is 1. The van der Waals surface area contributed by atoms with Gasteiger partial charge in [0.15, 0.2) is 0 Å². The maximum absolute atomic E-state index is 12.7. The minimum Gasteiger partial charge on any atom is -0.268 e. The second-order valence-corrected chi connectivity index (χ2v) is 6.32. The van der Waals surface area contributed by atoms with Gasteiger partial charge in [0.05, 0.1) is 16.3 Å². The maximum atomic E-state index is 12.7. The Balaban J connectivity index is 2.08. The molecule has 0 unspecified atom stereocenters. The molecule has 6 heteroatoms. The van der Waals surface area contributed by atoms with Gasteiger partial charge in [-0.05, 0) is 31.2 Å². The summed E-state index contributed by atoms with van der Waals surface area (Å²) in [6.07, 6.45) is 0. The monoisotopic (exact) mass is 365 g/mol. The van der Waals surface area contributed by atoms with Crippen LogP contribution in [0.2, 0.25) is 10.0 Å². The Labute approximate surface area is 148 Å². The molecule has 1 aliphatic heterocycles. The van der Waals surface area contributed by atoms with E-state index >= 15 is 0 Å². The number of aryl methyl sites for hydroxylation is 1. The van der Waals surface area contributed by atoms with Gasteiger partial charge in [0, 0.05) is 10.6 Å². The highest BCUT2D eigenvalue weighted by molar-refractivity contribution is 6.60. The molecule has 3 nitrogen and oxygen atoms in total. The van der Waals surface area contributed by atoms with Gasteiger partial charge in [-0.25, -0.2) is 4.90 Å². The summed E-state index contributed by atoms with van der Waals surface area (Å²) in [4.78, 5) is 26.2. The zero-order chi connectivity index (χ0) is 16.7.